The molecule has 0 aliphatic carbocycles. The van der Waals surface area contributed by atoms with Crippen molar-refractivity contribution in [3.8, 4) is 0 Å². The average Bonchev–Trinajstić information content (AvgIpc) is 2.96. The van der Waals surface area contributed by atoms with Gasteiger partial charge in [-0.15, -0.1) is 0 Å². The summed E-state index contributed by atoms with van der Waals surface area (Å²) >= 11 is 0. The van der Waals surface area contributed by atoms with E-state index >= 15 is 0 Å². The van der Waals surface area contributed by atoms with Crippen molar-refractivity contribution in [1.29, 1.82) is 0 Å². The molecule has 2 aliphatic rings. The molecule has 0 bridgehead atoms. The summed E-state index contributed by atoms with van der Waals surface area (Å²) in [7, 11) is 0. The summed E-state index contributed by atoms with van der Waals surface area (Å²) in [6.45, 7) is 9.58. The largest absolute Gasteiger partial charge is 0.330 e. The summed E-state index contributed by atoms with van der Waals surface area (Å²) in [4.78, 5) is 5.33. The van der Waals surface area contributed by atoms with Crippen LogP contribution in [0.25, 0.3) is 0 Å². The van der Waals surface area contributed by atoms with Crippen molar-refractivity contribution in [3.63, 3.8) is 0 Å². The van der Waals surface area contributed by atoms with Crippen LogP contribution in [0.15, 0.2) is 0 Å². The minimum atomic E-state index is 0.706. The summed E-state index contributed by atoms with van der Waals surface area (Å²) in [5.74, 6) is 0.706. The van der Waals surface area contributed by atoms with E-state index in [1.807, 2.05) is 0 Å². The highest BCUT2D eigenvalue weighted by atomic mass is 15.3. The monoisotopic (exact) mass is 225 g/mol. The summed E-state index contributed by atoms with van der Waals surface area (Å²) in [6.07, 6.45) is 5.43. The first-order valence-corrected chi connectivity index (χ1v) is 7.00. The van der Waals surface area contributed by atoms with Crippen LogP contribution in [0.4, 0.5) is 0 Å². The minimum Gasteiger partial charge on any atom is -0.330 e. The molecule has 2 rings (SSSR count). The summed E-state index contributed by atoms with van der Waals surface area (Å²) in [5.41, 5.74) is 5.78. The van der Waals surface area contributed by atoms with Crippen LogP contribution in [0.3, 0.4) is 0 Å². The van der Waals surface area contributed by atoms with Crippen molar-refractivity contribution >= 4 is 0 Å². The van der Waals surface area contributed by atoms with Crippen LogP contribution in [-0.2, 0) is 0 Å². The van der Waals surface area contributed by atoms with E-state index in [2.05, 4.69) is 16.7 Å². The van der Waals surface area contributed by atoms with Crippen LogP contribution in [0.1, 0.15) is 32.6 Å². The highest BCUT2D eigenvalue weighted by molar-refractivity contribution is 4.86. The van der Waals surface area contributed by atoms with Gasteiger partial charge in [0, 0.05) is 19.1 Å². The standard InChI is InChI=1S/C13H27N3/c1-2-12(9-14)10-15-8-5-13(11-15)16-6-3-4-7-16/h12-13H,2-11,14H2,1H3. The van der Waals surface area contributed by atoms with Crippen molar-refractivity contribution in [2.24, 2.45) is 11.7 Å². The molecular weight excluding hydrogens is 198 g/mol. The lowest BCUT2D eigenvalue weighted by atomic mass is 10.1. The summed E-state index contributed by atoms with van der Waals surface area (Å²) in [5, 5.41) is 0. The maximum Gasteiger partial charge on any atom is 0.0235 e. The van der Waals surface area contributed by atoms with E-state index in [9.17, 15) is 0 Å². The maximum atomic E-state index is 5.78. The summed E-state index contributed by atoms with van der Waals surface area (Å²) < 4.78 is 0. The van der Waals surface area contributed by atoms with Gasteiger partial charge in [-0.25, -0.2) is 0 Å². The van der Waals surface area contributed by atoms with Gasteiger partial charge in [-0.3, -0.25) is 4.90 Å². The van der Waals surface area contributed by atoms with Crippen molar-refractivity contribution < 1.29 is 0 Å². The first kappa shape index (κ1) is 12.3. The number of nitrogens with two attached hydrogens (primary N) is 1. The Morgan fingerprint density at radius 3 is 2.62 bits per heavy atom. The van der Waals surface area contributed by atoms with Gasteiger partial charge in [0.15, 0.2) is 0 Å². The van der Waals surface area contributed by atoms with E-state index < -0.39 is 0 Å². The van der Waals surface area contributed by atoms with Gasteiger partial charge >= 0.3 is 0 Å². The second-order valence-corrected chi connectivity index (χ2v) is 5.46. The molecule has 0 aromatic heterocycles. The Kier molecular flexibility index (Phi) is 4.62. The molecule has 2 atom stereocenters. The predicted octanol–water partition coefficient (Wildman–Crippen LogP) is 1.14. The van der Waals surface area contributed by atoms with Gasteiger partial charge in [-0.05, 0) is 51.4 Å². The second kappa shape index (κ2) is 5.99. The predicted molar refractivity (Wildman–Crippen MR) is 68.5 cm³/mol. The van der Waals surface area contributed by atoms with Crippen LogP contribution in [0, 0.1) is 5.92 Å². The molecule has 0 aromatic rings. The number of hydrogen-bond donors (Lipinski definition) is 1. The molecule has 2 N–H and O–H groups in total. The fraction of sp³-hybridized carbons (Fsp3) is 1.00. The lowest BCUT2D eigenvalue weighted by Gasteiger charge is -2.25. The zero-order valence-electron chi connectivity index (χ0n) is 10.7. The molecule has 0 saturated carbocycles. The fourth-order valence-corrected chi connectivity index (χ4v) is 3.12. The van der Waals surface area contributed by atoms with Crippen molar-refractivity contribution in [3.05, 3.63) is 0 Å². The Morgan fingerprint density at radius 1 is 1.25 bits per heavy atom. The first-order valence-electron chi connectivity index (χ1n) is 7.00. The third-order valence-corrected chi connectivity index (χ3v) is 4.33. The van der Waals surface area contributed by atoms with Gasteiger partial charge in [-0.1, -0.05) is 13.3 Å². The number of hydrogen-bond acceptors (Lipinski definition) is 3. The van der Waals surface area contributed by atoms with Crippen LogP contribution in [0.5, 0.6) is 0 Å². The van der Waals surface area contributed by atoms with E-state index in [4.69, 9.17) is 5.73 Å². The lowest BCUT2D eigenvalue weighted by Crippen LogP contribution is -2.37. The Morgan fingerprint density at radius 2 is 2.00 bits per heavy atom. The van der Waals surface area contributed by atoms with Gasteiger partial charge in [0.05, 0.1) is 0 Å². The highest BCUT2D eigenvalue weighted by Crippen LogP contribution is 2.21. The van der Waals surface area contributed by atoms with E-state index in [1.165, 1.54) is 58.4 Å². The molecule has 3 nitrogen and oxygen atoms in total. The molecular formula is C13H27N3. The molecule has 0 spiro atoms. The van der Waals surface area contributed by atoms with E-state index in [-0.39, 0.29) is 0 Å². The van der Waals surface area contributed by atoms with Crippen molar-refractivity contribution in [2.45, 2.75) is 38.6 Å². The van der Waals surface area contributed by atoms with Crippen LogP contribution in [0.2, 0.25) is 0 Å². The Labute approximate surface area is 100.0 Å². The normalized spacial score (nSPS) is 30.0. The molecule has 3 heteroatoms. The smallest absolute Gasteiger partial charge is 0.0235 e. The summed E-state index contributed by atoms with van der Waals surface area (Å²) in [6, 6.07) is 0.845. The highest BCUT2D eigenvalue weighted by Gasteiger charge is 2.29. The van der Waals surface area contributed by atoms with E-state index in [0.29, 0.717) is 5.92 Å². The molecule has 2 saturated heterocycles. The van der Waals surface area contributed by atoms with Crippen molar-refractivity contribution in [1.82, 2.24) is 9.80 Å². The third kappa shape index (κ3) is 2.96. The Bertz CT molecular complexity index is 197. The van der Waals surface area contributed by atoms with Gasteiger partial charge in [-0.2, -0.15) is 0 Å². The quantitative estimate of drug-likeness (QED) is 0.761. The number of rotatable bonds is 5. The third-order valence-electron chi connectivity index (χ3n) is 4.33. The molecule has 2 heterocycles. The second-order valence-electron chi connectivity index (χ2n) is 5.46. The van der Waals surface area contributed by atoms with Crippen LogP contribution < -0.4 is 5.73 Å². The van der Waals surface area contributed by atoms with Crippen LogP contribution >= 0.6 is 0 Å². The molecule has 0 aromatic carbocycles. The molecule has 0 radical (unpaired) electrons. The zero-order chi connectivity index (χ0) is 11.4. The van der Waals surface area contributed by atoms with Crippen LogP contribution in [-0.4, -0.2) is 55.1 Å². The molecule has 2 aliphatic heterocycles. The van der Waals surface area contributed by atoms with Gasteiger partial charge in [0.1, 0.15) is 0 Å². The number of nitrogens with zero attached hydrogens (tertiary/aromatic N) is 2. The minimum absolute atomic E-state index is 0.706. The average molecular weight is 225 g/mol. The fourth-order valence-electron chi connectivity index (χ4n) is 3.12. The molecule has 2 unspecified atom stereocenters. The Balaban J connectivity index is 1.74. The lowest BCUT2D eigenvalue weighted by molar-refractivity contribution is 0.218. The van der Waals surface area contributed by atoms with E-state index in [0.717, 1.165) is 12.6 Å². The topological polar surface area (TPSA) is 32.5 Å². The Hall–Kier alpha value is -0.120. The van der Waals surface area contributed by atoms with Gasteiger partial charge in [0.25, 0.3) is 0 Å². The first-order chi connectivity index (χ1) is 7.83. The van der Waals surface area contributed by atoms with E-state index in [1.54, 1.807) is 0 Å². The SMILES string of the molecule is CCC(CN)CN1CCC(N2CCCC2)C1. The molecule has 94 valence electrons. The van der Waals surface area contributed by atoms with Gasteiger partial charge < -0.3 is 10.6 Å². The maximum absolute atomic E-state index is 5.78. The molecule has 16 heavy (non-hydrogen) atoms. The number of likely N-dealkylation sites (tertiary alicyclic amines) is 2. The zero-order valence-corrected chi connectivity index (χ0v) is 10.7. The molecule has 2 fully saturated rings. The van der Waals surface area contributed by atoms with Crippen molar-refractivity contribution in [2.75, 3.05) is 39.3 Å². The molecule has 0 amide bonds. The van der Waals surface area contributed by atoms with Gasteiger partial charge in [0.2, 0.25) is 0 Å².